The molecule has 0 aromatic carbocycles. The van der Waals surface area contributed by atoms with Gasteiger partial charge in [-0.15, -0.1) is 11.8 Å². The van der Waals surface area contributed by atoms with E-state index in [2.05, 4.69) is 6.07 Å². The van der Waals surface area contributed by atoms with E-state index >= 15 is 0 Å². The molecular formula is C16H23N3S. The summed E-state index contributed by atoms with van der Waals surface area (Å²) in [6.07, 6.45) is 11.3. The lowest BCUT2D eigenvalue weighted by atomic mass is 9.95. The Labute approximate surface area is 125 Å². The van der Waals surface area contributed by atoms with Crippen LogP contribution in [0.2, 0.25) is 0 Å². The van der Waals surface area contributed by atoms with E-state index < -0.39 is 0 Å². The number of fused-ring (bicyclic) bond motifs is 1. The van der Waals surface area contributed by atoms with Crippen molar-refractivity contribution >= 4 is 17.6 Å². The van der Waals surface area contributed by atoms with Gasteiger partial charge in [0, 0.05) is 16.5 Å². The topological polar surface area (TPSA) is 62.8 Å². The van der Waals surface area contributed by atoms with E-state index in [1.807, 2.05) is 11.8 Å². The number of pyridine rings is 1. The molecule has 4 heteroatoms. The van der Waals surface area contributed by atoms with Crippen molar-refractivity contribution in [3.05, 3.63) is 22.9 Å². The zero-order chi connectivity index (χ0) is 13.9. The molecule has 0 spiro atoms. The third-order valence-electron chi connectivity index (χ3n) is 4.39. The van der Waals surface area contributed by atoms with Crippen LogP contribution >= 0.6 is 11.8 Å². The van der Waals surface area contributed by atoms with Gasteiger partial charge in [-0.1, -0.05) is 19.3 Å². The fourth-order valence-electron chi connectivity index (χ4n) is 3.24. The summed E-state index contributed by atoms with van der Waals surface area (Å²) in [5.74, 6) is 0.171. The van der Waals surface area contributed by atoms with Crippen molar-refractivity contribution in [2.45, 2.75) is 68.1 Å². The molecular weight excluding hydrogens is 266 g/mol. The zero-order valence-corrected chi connectivity index (χ0v) is 12.8. The van der Waals surface area contributed by atoms with E-state index in [0.717, 1.165) is 23.4 Å². The van der Waals surface area contributed by atoms with E-state index in [1.54, 1.807) is 0 Å². The second-order valence-electron chi connectivity index (χ2n) is 5.95. The molecule has 0 saturated heterocycles. The van der Waals surface area contributed by atoms with Crippen molar-refractivity contribution < 1.29 is 0 Å². The maximum Gasteiger partial charge on any atom is 0.125 e. The summed E-state index contributed by atoms with van der Waals surface area (Å²) in [6.45, 7) is 0. The summed E-state index contributed by atoms with van der Waals surface area (Å²) in [5.41, 5.74) is 9.21. The van der Waals surface area contributed by atoms with Gasteiger partial charge in [0.15, 0.2) is 0 Å². The highest BCUT2D eigenvalue weighted by molar-refractivity contribution is 7.99. The molecule has 0 amide bonds. The predicted octanol–water partition coefficient (Wildman–Crippen LogP) is 3.67. The Balaban J connectivity index is 1.88. The number of thioether (sulfide) groups is 1. The lowest BCUT2D eigenvalue weighted by Crippen LogP contribution is -2.18. The van der Waals surface area contributed by atoms with Crippen LogP contribution in [0.5, 0.6) is 0 Å². The Morgan fingerprint density at radius 2 is 1.90 bits per heavy atom. The number of nitrogen functional groups attached to an aromatic ring is 1. The van der Waals surface area contributed by atoms with E-state index in [9.17, 15) is 0 Å². The molecule has 20 heavy (non-hydrogen) atoms. The average Bonchev–Trinajstić information content (AvgIpc) is 2.47. The molecule has 0 radical (unpaired) electrons. The van der Waals surface area contributed by atoms with Crippen LogP contribution in [0.4, 0.5) is 0 Å². The molecule has 0 aliphatic heterocycles. The van der Waals surface area contributed by atoms with Gasteiger partial charge >= 0.3 is 0 Å². The van der Waals surface area contributed by atoms with E-state index in [-0.39, 0.29) is 5.84 Å². The first-order valence-electron chi connectivity index (χ1n) is 7.78. The average molecular weight is 289 g/mol. The molecule has 2 aliphatic carbocycles. The monoisotopic (exact) mass is 289 g/mol. The maximum atomic E-state index is 7.84. The van der Waals surface area contributed by atoms with Crippen LogP contribution in [0.1, 0.15) is 61.8 Å². The smallest absolute Gasteiger partial charge is 0.125 e. The maximum absolute atomic E-state index is 7.84. The quantitative estimate of drug-likeness (QED) is 0.659. The highest BCUT2D eigenvalue weighted by Gasteiger charge is 2.21. The van der Waals surface area contributed by atoms with Crippen molar-refractivity contribution in [2.75, 3.05) is 0 Å². The largest absolute Gasteiger partial charge is 0.384 e. The lowest BCUT2D eigenvalue weighted by Gasteiger charge is -2.23. The van der Waals surface area contributed by atoms with E-state index in [1.165, 1.54) is 56.2 Å². The van der Waals surface area contributed by atoms with Crippen LogP contribution in [0.3, 0.4) is 0 Å². The molecule has 3 N–H and O–H groups in total. The molecule has 0 atom stereocenters. The van der Waals surface area contributed by atoms with Crippen molar-refractivity contribution in [3.63, 3.8) is 0 Å². The van der Waals surface area contributed by atoms with Crippen molar-refractivity contribution in [1.82, 2.24) is 4.98 Å². The number of nitrogens with one attached hydrogen (secondary N) is 1. The van der Waals surface area contributed by atoms with Crippen molar-refractivity contribution in [2.24, 2.45) is 5.73 Å². The third kappa shape index (κ3) is 3.00. The minimum atomic E-state index is 0.171. The second kappa shape index (κ2) is 6.17. The van der Waals surface area contributed by atoms with Crippen LogP contribution in [0, 0.1) is 5.41 Å². The molecule has 2 aliphatic rings. The van der Waals surface area contributed by atoms with E-state index in [4.69, 9.17) is 16.1 Å². The molecule has 1 saturated carbocycles. The predicted molar refractivity (Wildman–Crippen MR) is 84.6 cm³/mol. The molecule has 1 heterocycles. The highest BCUT2D eigenvalue weighted by atomic mass is 32.2. The number of nitrogens with two attached hydrogens (primary N) is 1. The molecule has 0 bridgehead atoms. The molecule has 1 aromatic heterocycles. The number of hydrogen-bond donors (Lipinski definition) is 2. The van der Waals surface area contributed by atoms with Crippen LogP contribution in [0.15, 0.2) is 11.1 Å². The number of rotatable bonds is 3. The molecule has 3 rings (SSSR count). The minimum Gasteiger partial charge on any atom is -0.384 e. The molecule has 0 unspecified atom stereocenters. The standard InChI is InChI=1S/C16H23N3S/c17-15(18)13-10-11-6-4-5-9-14(11)19-16(13)20-12-7-2-1-3-8-12/h10,12H,1-9H2,(H3,17,18). The fraction of sp³-hybridized carbons (Fsp3) is 0.625. The Bertz CT molecular complexity index is 507. The minimum absolute atomic E-state index is 0.171. The number of aryl methyl sites for hydroxylation is 2. The van der Waals surface area contributed by atoms with Crippen LogP contribution in [0.25, 0.3) is 0 Å². The van der Waals surface area contributed by atoms with Crippen LogP contribution in [-0.2, 0) is 12.8 Å². The number of nitrogens with zero attached hydrogens (tertiary/aromatic N) is 1. The molecule has 1 fully saturated rings. The Kier molecular flexibility index (Phi) is 4.29. The summed E-state index contributed by atoms with van der Waals surface area (Å²) >= 11 is 1.86. The molecule has 3 nitrogen and oxygen atoms in total. The fourth-order valence-corrected chi connectivity index (χ4v) is 4.58. The third-order valence-corrected chi connectivity index (χ3v) is 5.73. The highest BCUT2D eigenvalue weighted by Crippen LogP contribution is 2.35. The Morgan fingerprint density at radius 1 is 1.15 bits per heavy atom. The zero-order valence-electron chi connectivity index (χ0n) is 12.0. The first-order valence-corrected chi connectivity index (χ1v) is 8.66. The normalized spacial score (nSPS) is 19.6. The van der Waals surface area contributed by atoms with Gasteiger partial charge in [0.1, 0.15) is 10.9 Å². The van der Waals surface area contributed by atoms with Gasteiger partial charge in [0.2, 0.25) is 0 Å². The first-order chi connectivity index (χ1) is 9.74. The van der Waals surface area contributed by atoms with Gasteiger partial charge in [-0.25, -0.2) is 4.98 Å². The summed E-state index contributed by atoms with van der Waals surface area (Å²) < 4.78 is 0. The second-order valence-corrected chi connectivity index (χ2v) is 7.23. The van der Waals surface area contributed by atoms with Crippen molar-refractivity contribution in [3.8, 4) is 0 Å². The van der Waals surface area contributed by atoms with Gasteiger partial charge in [-0.05, 0) is 50.2 Å². The van der Waals surface area contributed by atoms with Gasteiger partial charge in [0.25, 0.3) is 0 Å². The number of aromatic nitrogens is 1. The summed E-state index contributed by atoms with van der Waals surface area (Å²) in [6, 6.07) is 2.13. The van der Waals surface area contributed by atoms with Gasteiger partial charge in [-0.3, -0.25) is 5.41 Å². The SMILES string of the molecule is N=C(N)c1cc2c(nc1SC1CCCCC1)CCCC2. The number of hydrogen-bond acceptors (Lipinski definition) is 3. The Hall–Kier alpha value is -1.03. The number of amidine groups is 1. The summed E-state index contributed by atoms with van der Waals surface area (Å²) in [7, 11) is 0. The van der Waals surface area contributed by atoms with E-state index in [0.29, 0.717) is 5.25 Å². The first kappa shape index (κ1) is 13.9. The van der Waals surface area contributed by atoms with Gasteiger partial charge in [0.05, 0.1) is 0 Å². The summed E-state index contributed by atoms with van der Waals surface area (Å²) in [4.78, 5) is 4.87. The van der Waals surface area contributed by atoms with Gasteiger partial charge in [-0.2, -0.15) is 0 Å². The van der Waals surface area contributed by atoms with Gasteiger partial charge < -0.3 is 5.73 Å². The van der Waals surface area contributed by atoms with Crippen LogP contribution in [-0.4, -0.2) is 16.1 Å². The molecule has 108 valence electrons. The van der Waals surface area contributed by atoms with Crippen molar-refractivity contribution in [1.29, 1.82) is 5.41 Å². The summed E-state index contributed by atoms with van der Waals surface area (Å²) in [5, 5.41) is 9.50. The van der Waals surface area contributed by atoms with Crippen LogP contribution < -0.4 is 5.73 Å². The lowest BCUT2D eigenvalue weighted by molar-refractivity contribution is 0.515. The Morgan fingerprint density at radius 3 is 2.65 bits per heavy atom. The molecule has 1 aromatic rings.